The third-order valence-corrected chi connectivity index (χ3v) is 9.40. The summed E-state index contributed by atoms with van der Waals surface area (Å²) in [6.07, 6.45) is 3.04. The molecular weight excluding hydrogens is 458 g/mol. The highest BCUT2D eigenvalue weighted by atomic mass is 32.2. The first-order chi connectivity index (χ1) is 15.3. The van der Waals surface area contributed by atoms with Crippen LogP contribution < -0.4 is 10.6 Å². The van der Waals surface area contributed by atoms with E-state index in [9.17, 15) is 10.1 Å². The monoisotopic (exact) mass is 485 g/mol. The molecule has 168 valence electrons. The summed E-state index contributed by atoms with van der Waals surface area (Å²) in [7, 11) is 0. The summed E-state index contributed by atoms with van der Waals surface area (Å²) < 4.78 is 0.868. The number of nitrogens with two attached hydrogens (primary N) is 1. The second-order valence-corrected chi connectivity index (χ2v) is 12.4. The van der Waals surface area contributed by atoms with Gasteiger partial charge in [-0.1, -0.05) is 50.8 Å². The van der Waals surface area contributed by atoms with Crippen molar-refractivity contribution in [2.24, 2.45) is 5.73 Å². The lowest BCUT2D eigenvalue weighted by Gasteiger charge is -2.37. The SMILES string of the molecule is CCCSc1nnc(N2C(N)=C(C#N)C(c3ccc(C(C)(C)C)s3)C3=C2CCCC3=O)s1. The zero-order valence-corrected chi connectivity index (χ0v) is 21.2. The van der Waals surface area contributed by atoms with Gasteiger partial charge in [-0.3, -0.25) is 9.69 Å². The van der Waals surface area contributed by atoms with Crippen LogP contribution in [-0.2, 0) is 10.2 Å². The Bertz CT molecular complexity index is 1150. The van der Waals surface area contributed by atoms with Crippen LogP contribution in [0.2, 0.25) is 0 Å². The van der Waals surface area contributed by atoms with E-state index in [2.05, 4.69) is 50.0 Å². The lowest BCUT2D eigenvalue weighted by Crippen LogP contribution is -2.38. The number of carbonyl (C=O) groups is 1. The normalized spacial score (nSPS) is 19.4. The Morgan fingerprint density at radius 3 is 2.72 bits per heavy atom. The molecule has 2 aromatic heterocycles. The van der Waals surface area contributed by atoms with Crippen LogP contribution in [0.3, 0.4) is 0 Å². The summed E-state index contributed by atoms with van der Waals surface area (Å²) in [6.45, 7) is 8.63. The van der Waals surface area contributed by atoms with Crippen molar-refractivity contribution in [1.29, 1.82) is 5.26 Å². The van der Waals surface area contributed by atoms with Gasteiger partial charge in [0.05, 0.1) is 17.6 Å². The predicted octanol–water partition coefficient (Wildman–Crippen LogP) is 5.70. The van der Waals surface area contributed by atoms with Crippen LogP contribution in [0.25, 0.3) is 0 Å². The number of carbonyl (C=O) groups excluding carboxylic acids is 1. The average Bonchev–Trinajstić information content (AvgIpc) is 3.41. The van der Waals surface area contributed by atoms with Gasteiger partial charge in [-0.05, 0) is 36.8 Å². The molecule has 6 nitrogen and oxygen atoms in total. The maximum absolute atomic E-state index is 13.2. The second-order valence-electron chi connectivity index (χ2n) is 8.97. The molecule has 3 heterocycles. The molecule has 2 aliphatic rings. The fraction of sp³-hybridized carbons (Fsp3) is 0.478. The lowest BCUT2D eigenvalue weighted by molar-refractivity contribution is -0.116. The van der Waals surface area contributed by atoms with E-state index in [1.54, 1.807) is 23.1 Å². The minimum Gasteiger partial charge on any atom is -0.384 e. The van der Waals surface area contributed by atoms with E-state index in [1.165, 1.54) is 16.2 Å². The topological polar surface area (TPSA) is 95.9 Å². The molecule has 0 radical (unpaired) electrons. The summed E-state index contributed by atoms with van der Waals surface area (Å²) in [5.41, 5.74) is 8.61. The first-order valence-corrected chi connectivity index (χ1v) is 13.4. The predicted molar refractivity (Wildman–Crippen MR) is 132 cm³/mol. The maximum atomic E-state index is 13.2. The van der Waals surface area contributed by atoms with Crippen LogP contribution in [0.15, 0.2) is 39.1 Å². The van der Waals surface area contributed by atoms with Crippen molar-refractivity contribution in [2.45, 2.75) is 69.1 Å². The Morgan fingerprint density at radius 1 is 1.28 bits per heavy atom. The summed E-state index contributed by atoms with van der Waals surface area (Å²) in [4.78, 5) is 17.2. The number of hydrogen-bond acceptors (Lipinski definition) is 9. The number of nitriles is 1. The number of nitrogens with zero attached hydrogens (tertiary/aromatic N) is 4. The molecule has 2 aromatic rings. The van der Waals surface area contributed by atoms with Gasteiger partial charge in [0.25, 0.3) is 0 Å². The zero-order chi connectivity index (χ0) is 23.0. The van der Waals surface area contributed by atoms with E-state index >= 15 is 0 Å². The number of ketones is 1. The minimum absolute atomic E-state index is 0.00141. The molecule has 1 atom stereocenters. The van der Waals surface area contributed by atoms with Crippen molar-refractivity contribution in [1.82, 2.24) is 10.2 Å². The van der Waals surface area contributed by atoms with E-state index in [0.717, 1.165) is 39.9 Å². The highest BCUT2D eigenvalue weighted by molar-refractivity contribution is 8.01. The van der Waals surface area contributed by atoms with Gasteiger partial charge in [0.1, 0.15) is 5.82 Å². The standard InChI is InChI=1S/C23H27N5OS3/c1-5-11-30-22-27-26-21(32-22)28-14-7-6-8-15(29)19(14)18(13(12-24)20(28)25)16-9-10-17(31-16)23(2,3)4/h9-10,18H,5-8,11,25H2,1-4H3. The first-order valence-electron chi connectivity index (χ1n) is 10.8. The van der Waals surface area contributed by atoms with E-state index in [-0.39, 0.29) is 11.2 Å². The van der Waals surface area contributed by atoms with Crippen LogP contribution >= 0.6 is 34.4 Å². The van der Waals surface area contributed by atoms with Gasteiger partial charge in [-0.2, -0.15) is 5.26 Å². The van der Waals surface area contributed by atoms with Gasteiger partial charge in [0.15, 0.2) is 10.1 Å². The Balaban J connectivity index is 1.84. The van der Waals surface area contributed by atoms with Gasteiger partial charge in [0.2, 0.25) is 5.13 Å². The minimum atomic E-state index is -0.415. The van der Waals surface area contributed by atoms with Crippen LogP contribution in [0.4, 0.5) is 5.13 Å². The molecule has 0 fully saturated rings. The van der Waals surface area contributed by atoms with Gasteiger partial charge in [0, 0.05) is 33.2 Å². The fourth-order valence-electron chi connectivity index (χ4n) is 4.04. The summed E-state index contributed by atoms with van der Waals surface area (Å²) in [5, 5.41) is 19.4. The Kier molecular flexibility index (Phi) is 6.48. The van der Waals surface area contributed by atoms with Crippen molar-refractivity contribution < 1.29 is 4.79 Å². The van der Waals surface area contributed by atoms with E-state index in [1.807, 2.05) is 11.0 Å². The third kappa shape index (κ3) is 4.12. The number of thioether (sulfide) groups is 1. The first kappa shape index (κ1) is 23.0. The summed E-state index contributed by atoms with van der Waals surface area (Å²) in [5.74, 6) is 1.01. The second kappa shape index (κ2) is 9.00. The molecule has 4 rings (SSSR count). The van der Waals surface area contributed by atoms with Gasteiger partial charge >= 0.3 is 0 Å². The zero-order valence-electron chi connectivity index (χ0n) is 18.8. The number of allylic oxidation sites excluding steroid dienone is 3. The Hall–Kier alpha value is -2.15. The van der Waals surface area contributed by atoms with Crippen molar-refractivity contribution >= 4 is 45.4 Å². The molecule has 0 aromatic carbocycles. The van der Waals surface area contributed by atoms with Crippen LogP contribution in [-0.4, -0.2) is 21.7 Å². The highest BCUT2D eigenvalue weighted by Gasteiger charge is 2.42. The number of aromatic nitrogens is 2. The number of thiophene rings is 1. The number of hydrogen-bond donors (Lipinski definition) is 1. The Labute approximate surface area is 201 Å². The molecule has 0 amide bonds. The molecule has 9 heteroatoms. The third-order valence-electron chi connectivity index (χ3n) is 5.58. The van der Waals surface area contributed by atoms with Crippen molar-refractivity contribution in [2.75, 3.05) is 10.7 Å². The number of Topliss-reactive ketones (excluding diaryl/α,β-unsaturated/α-hetero) is 1. The lowest BCUT2D eigenvalue weighted by atomic mass is 9.78. The van der Waals surface area contributed by atoms with E-state index < -0.39 is 5.92 Å². The largest absolute Gasteiger partial charge is 0.384 e. The van der Waals surface area contributed by atoms with Gasteiger partial charge < -0.3 is 5.73 Å². The summed E-state index contributed by atoms with van der Waals surface area (Å²) >= 11 is 4.78. The molecule has 2 N–H and O–H groups in total. The van der Waals surface area contributed by atoms with Crippen LogP contribution in [0, 0.1) is 11.3 Å². The van der Waals surface area contributed by atoms with Crippen molar-refractivity contribution in [3.05, 3.63) is 44.6 Å². The van der Waals surface area contributed by atoms with E-state index in [4.69, 9.17) is 5.73 Å². The molecular formula is C23H27N5OS3. The van der Waals surface area contributed by atoms with E-state index in [0.29, 0.717) is 28.5 Å². The smallest absolute Gasteiger partial charge is 0.219 e. The molecule has 0 saturated carbocycles. The fourth-order valence-corrected chi connectivity index (χ4v) is 7.03. The maximum Gasteiger partial charge on any atom is 0.219 e. The Morgan fingerprint density at radius 2 is 2.06 bits per heavy atom. The van der Waals surface area contributed by atoms with Crippen LogP contribution in [0.5, 0.6) is 0 Å². The molecule has 1 aliphatic heterocycles. The highest BCUT2D eigenvalue weighted by Crippen LogP contribution is 2.49. The summed E-state index contributed by atoms with van der Waals surface area (Å²) in [6, 6.07) is 6.48. The molecule has 0 saturated heterocycles. The quantitative estimate of drug-likeness (QED) is 0.542. The number of anilines is 1. The average molecular weight is 486 g/mol. The molecule has 1 unspecified atom stereocenters. The van der Waals surface area contributed by atoms with Crippen LogP contribution in [0.1, 0.15) is 69.1 Å². The molecule has 0 spiro atoms. The molecule has 0 bridgehead atoms. The number of rotatable bonds is 5. The van der Waals surface area contributed by atoms with Gasteiger partial charge in [-0.25, -0.2) is 0 Å². The molecule has 32 heavy (non-hydrogen) atoms. The van der Waals surface area contributed by atoms with Crippen molar-refractivity contribution in [3.8, 4) is 6.07 Å². The van der Waals surface area contributed by atoms with Gasteiger partial charge in [-0.15, -0.1) is 21.5 Å². The van der Waals surface area contributed by atoms with Crippen molar-refractivity contribution in [3.63, 3.8) is 0 Å². The molecule has 1 aliphatic carbocycles.